The monoisotopic (exact) mass is 261 g/mol. The number of fused-ring (bicyclic) bond motifs is 2. The molecule has 0 saturated heterocycles. The summed E-state index contributed by atoms with van der Waals surface area (Å²) in [5.74, 6) is 0.909. The summed E-state index contributed by atoms with van der Waals surface area (Å²) in [5, 5.41) is 8.19. The summed E-state index contributed by atoms with van der Waals surface area (Å²) >= 11 is 0. The minimum absolute atomic E-state index is 0.468. The van der Waals surface area contributed by atoms with Crippen LogP contribution in [0, 0.1) is 16.7 Å². The average molecular weight is 261 g/mol. The molecule has 4 unspecified atom stereocenters. The third kappa shape index (κ3) is 1.94. The molecule has 4 atom stereocenters. The number of hydrogen-bond acceptors (Lipinski definition) is 2. The molecule has 19 heavy (non-hydrogen) atoms. The molecule has 3 nitrogen and oxygen atoms in total. The first kappa shape index (κ1) is 13.2. The minimum Gasteiger partial charge on any atom is -0.309 e. The van der Waals surface area contributed by atoms with E-state index in [1.165, 1.54) is 19.3 Å². The summed E-state index contributed by atoms with van der Waals surface area (Å²) in [6, 6.07) is 3.15. The van der Waals surface area contributed by atoms with Crippen molar-refractivity contribution in [1.82, 2.24) is 15.1 Å². The van der Waals surface area contributed by atoms with E-state index < -0.39 is 0 Å². The molecule has 2 bridgehead atoms. The van der Waals surface area contributed by atoms with Crippen LogP contribution in [0.15, 0.2) is 18.5 Å². The number of hydrogen-bond donors (Lipinski definition) is 1. The van der Waals surface area contributed by atoms with E-state index in [0.717, 1.165) is 12.5 Å². The first-order valence-electron chi connectivity index (χ1n) is 7.67. The van der Waals surface area contributed by atoms with E-state index in [-0.39, 0.29) is 0 Å². The Labute approximate surface area is 116 Å². The molecule has 1 aromatic rings. The highest BCUT2D eigenvalue weighted by atomic mass is 15.3. The van der Waals surface area contributed by atoms with Crippen molar-refractivity contribution in [2.24, 2.45) is 16.7 Å². The summed E-state index contributed by atoms with van der Waals surface area (Å²) in [5.41, 5.74) is 0.964. The molecule has 106 valence electrons. The zero-order valence-corrected chi connectivity index (χ0v) is 12.7. The highest BCUT2D eigenvalue weighted by molar-refractivity contribution is 5.13. The van der Waals surface area contributed by atoms with Gasteiger partial charge < -0.3 is 5.32 Å². The van der Waals surface area contributed by atoms with Crippen LogP contribution in [0.3, 0.4) is 0 Å². The minimum atomic E-state index is 0.468. The predicted octanol–water partition coefficient (Wildman–Crippen LogP) is 3.08. The lowest BCUT2D eigenvalue weighted by atomic mass is 9.69. The van der Waals surface area contributed by atoms with Gasteiger partial charge in [0.05, 0.1) is 6.54 Å². The molecule has 2 fully saturated rings. The fourth-order valence-corrected chi connectivity index (χ4v) is 4.54. The van der Waals surface area contributed by atoms with Crippen LogP contribution >= 0.6 is 0 Å². The van der Waals surface area contributed by atoms with Crippen LogP contribution in [-0.4, -0.2) is 21.9 Å². The van der Waals surface area contributed by atoms with E-state index >= 15 is 0 Å². The first-order chi connectivity index (χ1) is 8.93. The van der Waals surface area contributed by atoms with Crippen LogP contribution in [0.5, 0.6) is 0 Å². The Balaban J connectivity index is 1.65. The van der Waals surface area contributed by atoms with Gasteiger partial charge in [-0.1, -0.05) is 20.8 Å². The van der Waals surface area contributed by atoms with Gasteiger partial charge in [0.25, 0.3) is 0 Å². The van der Waals surface area contributed by atoms with Crippen LogP contribution in [0.4, 0.5) is 0 Å². The lowest BCUT2D eigenvalue weighted by Gasteiger charge is -2.40. The number of aromatic nitrogens is 2. The summed E-state index contributed by atoms with van der Waals surface area (Å²) in [6.45, 7) is 10.7. The van der Waals surface area contributed by atoms with Gasteiger partial charge in [-0.3, -0.25) is 4.68 Å². The standard InChI is InChI=1S/C16H27N3/c1-12(11-19-9-5-8-17-19)18-14-10-13-6-7-16(14,4)15(13,2)3/h5,8-9,12-14,18H,6-7,10-11H2,1-4H3. The Kier molecular flexibility index (Phi) is 3.01. The third-order valence-corrected chi connectivity index (χ3v) is 6.30. The van der Waals surface area contributed by atoms with Crippen molar-refractivity contribution in [2.45, 2.75) is 65.6 Å². The van der Waals surface area contributed by atoms with Crippen LogP contribution in [0.1, 0.15) is 47.0 Å². The van der Waals surface area contributed by atoms with Gasteiger partial charge in [-0.05, 0) is 49.0 Å². The molecule has 1 heterocycles. The van der Waals surface area contributed by atoms with Gasteiger partial charge in [0, 0.05) is 24.5 Å². The number of rotatable bonds is 4. The summed E-state index contributed by atoms with van der Waals surface area (Å²) in [6.07, 6.45) is 8.07. The Morgan fingerprint density at radius 2 is 2.21 bits per heavy atom. The maximum absolute atomic E-state index is 4.30. The van der Waals surface area contributed by atoms with Crippen LogP contribution < -0.4 is 5.32 Å². The molecule has 0 radical (unpaired) electrons. The first-order valence-corrected chi connectivity index (χ1v) is 7.67. The van der Waals surface area contributed by atoms with Crippen molar-refractivity contribution in [3.63, 3.8) is 0 Å². The van der Waals surface area contributed by atoms with Crippen LogP contribution in [0.2, 0.25) is 0 Å². The van der Waals surface area contributed by atoms with Gasteiger partial charge in [0.2, 0.25) is 0 Å². The Hall–Kier alpha value is -0.830. The van der Waals surface area contributed by atoms with Crippen molar-refractivity contribution >= 4 is 0 Å². The SMILES string of the molecule is CC(Cn1cccn1)NC1CC2CCC1(C)C2(C)C. The molecule has 0 aliphatic heterocycles. The molecule has 1 aromatic heterocycles. The van der Waals surface area contributed by atoms with E-state index in [1.807, 2.05) is 23.1 Å². The zero-order chi connectivity index (χ0) is 13.7. The van der Waals surface area contributed by atoms with Gasteiger partial charge >= 0.3 is 0 Å². The number of nitrogens with zero attached hydrogens (tertiary/aromatic N) is 2. The molecule has 1 N–H and O–H groups in total. The second-order valence-corrected chi connectivity index (χ2v) is 7.46. The Morgan fingerprint density at radius 3 is 2.74 bits per heavy atom. The summed E-state index contributed by atoms with van der Waals surface area (Å²) in [4.78, 5) is 0. The van der Waals surface area contributed by atoms with E-state index in [0.29, 0.717) is 22.9 Å². The molecule has 2 saturated carbocycles. The van der Waals surface area contributed by atoms with Crippen LogP contribution in [0.25, 0.3) is 0 Å². The summed E-state index contributed by atoms with van der Waals surface area (Å²) in [7, 11) is 0. The number of nitrogens with one attached hydrogen (secondary N) is 1. The van der Waals surface area contributed by atoms with Crippen molar-refractivity contribution < 1.29 is 0 Å². The van der Waals surface area contributed by atoms with Gasteiger partial charge in [-0.25, -0.2) is 0 Å². The van der Waals surface area contributed by atoms with E-state index in [1.54, 1.807) is 0 Å². The van der Waals surface area contributed by atoms with Crippen LogP contribution in [-0.2, 0) is 6.54 Å². The van der Waals surface area contributed by atoms with Crippen molar-refractivity contribution in [1.29, 1.82) is 0 Å². The van der Waals surface area contributed by atoms with Gasteiger partial charge in [-0.2, -0.15) is 5.10 Å². The fraction of sp³-hybridized carbons (Fsp3) is 0.812. The quantitative estimate of drug-likeness (QED) is 0.902. The smallest absolute Gasteiger partial charge is 0.0560 e. The zero-order valence-electron chi connectivity index (χ0n) is 12.7. The molecule has 0 spiro atoms. The van der Waals surface area contributed by atoms with Crippen molar-refractivity contribution in [3.05, 3.63) is 18.5 Å². The largest absolute Gasteiger partial charge is 0.309 e. The van der Waals surface area contributed by atoms with Gasteiger partial charge in [-0.15, -0.1) is 0 Å². The third-order valence-electron chi connectivity index (χ3n) is 6.30. The van der Waals surface area contributed by atoms with E-state index in [2.05, 4.69) is 38.1 Å². The highest BCUT2D eigenvalue weighted by Crippen LogP contribution is 2.65. The fourth-order valence-electron chi connectivity index (χ4n) is 4.54. The Morgan fingerprint density at radius 1 is 1.42 bits per heavy atom. The highest BCUT2D eigenvalue weighted by Gasteiger charge is 2.61. The second-order valence-electron chi connectivity index (χ2n) is 7.46. The normalized spacial score (nSPS) is 37.7. The molecule has 3 heteroatoms. The maximum atomic E-state index is 4.30. The summed E-state index contributed by atoms with van der Waals surface area (Å²) < 4.78 is 2.03. The molecule has 0 aromatic carbocycles. The van der Waals surface area contributed by atoms with Crippen molar-refractivity contribution in [2.75, 3.05) is 0 Å². The van der Waals surface area contributed by atoms with E-state index in [4.69, 9.17) is 0 Å². The molecule has 2 aliphatic carbocycles. The molecular weight excluding hydrogens is 234 g/mol. The van der Waals surface area contributed by atoms with Crippen molar-refractivity contribution in [3.8, 4) is 0 Å². The molecule has 3 rings (SSSR count). The second kappa shape index (κ2) is 4.34. The Bertz CT molecular complexity index is 437. The average Bonchev–Trinajstić information content (AvgIpc) is 2.95. The maximum Gasteiger partial charge on any atom is 0.0560 e. The lowest BCUT2D eigenvalue weighted by Crippen LogP contribution is -2.48. The lowest BCUT2D eigenvalue weighted by molar-refractivity contribution is 0.114. The predicted molar refractivity (Wildman–Crippen MR) is 77.8 cm³/mol. The van der Waals surface area contributed by atoms with Gasteiger partial charge in [0.1, 0.15) is 0 Å². The molecular formula is C16H27N3. The van der Waals surface area contributed by atoms with E-state index in [9.17, 15) is 0 Å². The molecule has 0 amide bonds. The topological polar surface area (TPSA) is 29.9 Å². The van der Waals surface area contributed by atoms with Gasteiger partial charge in [0.15, 0.2) is 0 Å². The molecule has 2 aliphatic rings.